The van der Waals surface area contributed by atoms with Crippen molar-refractivity contribution in [1.29, 1.82) is 0 Å². The fourth-order valence-corrected chi connectivity index (χ4v) is 4.71. The molecule has 0 aromatic rings. The van der Waals surface area contributed by atoms with Crippen LogP contribution in [0, 0.1) is 23.7 Å². The topological polar surface area (TPSA) is 20.2 Å². The van der Waals surface area contributed by atoms with E-state index in [0.717, 1.165) is 11.8 Å². The van der Waals surface area contributed by atoms with Gasteiger partial charge in [-0.3, -0.25) is 0 Å². The molecule has 0 saturated heterocycles. The van der Waals surface area contributed by atoms with E-state index in [0.29, 0.717) is 11.8 Å². The molecule has 20 heavy (non-hydrogen) atoms. The Balaban J connectivity index is 1.75. The lowest BCUT2D eigenvalue weighted by Crippen LogP contribution is -2.35. The van der Waals surface area contributed by atoms with Crippen LogP contribution in [0.4, 0.5) is 0 Å². The number of rotatable bonds is 6. The van der Waals surface area contributed by atoms with E-state index >= 15 is 0 Å². The minimum atomic E-state index is 0.0106. The summed E-state index contributed by atoms with van der Waals surface area (Å²) in [5, 5.41) is 10.8. The molecule has 0 aliphatic heterocycles. The van der Waals surface area contributed by atoms with E-state index in [-0.39, 0.29) is 6.10 Å². The Kier molecular flexibility index (Phi) is 6.87. The molecule has 0 amide bonds. The molecule has 1 heteroatoms. The van der Waals surface area contributed by atoms with Crippen LogP contribution in [-0.2, 0) is 0 Å². The lowest BCUT2D eigenvalue weighted by molar-refractivity contribution is 0.00237. The number of unbranched alkanes of at least 4 members (excludes halogenated alkanes) is 1. The second-order valence-corrected chi connectivity index (χ2v) is 7.61. The van der Waals surface area contributed by atoms with E-state index in [4.69, 9.17) is 0 Å². The standard InChI is InChI=1S/C19H36O/c1-3-5-7-16-10-12-17(13-11-16)19(20)18-9-6-8-15(4-2)14-18/h15-20H,3-14H2,1-2H3. The largest absolute Gasteiger partial charge is 0.393 e. The molecule has 1 N–H and O–H groups in total. The van der Waals surface area contributed by atoms with Gasteiger partial charge in [-0.25, -0.2) is 0 Å². The van der Waals surface area contributed by atoms with Crippen molar-refractivity contribution in [1.82, 2.24) is 0 Å². The van der Waals surface area contributed by atoms with Crippen molar-refractivity contribution in [2.45, 2.75) is 97.0 Å². The average Bonchev–Trinajstić information content (AvgIpc) is 2.52. The predicted molar refractivity (Wildman–Crippen MR) is 86.7 cm³/mol. The molecule has 0 spiro atoms. The molecule has 1 nitrogen and oxygen atoms in total. The summed E-state index contributed by atoms with van der Waals surface area (Å²) in [5.41, 5.74) is 0. The quantitative estimate of drug-likeness (QED) is 0.675. The second-order valence-electron chi connectivity index (χ2n) is 7.61. The summed E-state index contributed by atoms with van der Waals surface area (Å²) in [6.07, 6.45) is 16.2. The fraction of sp³-hybridized carbons (Fsp3) is 1.00. The van der Waals surface area contributed by atoms with Crippen molar-refractivity contribution < 1.29 is 5.11 Å². The molecule has 0 radical (unpaired) electrons. The second kappa shape index (κ2) is 8.41. The summed E-state index contributed by atoms with van der Waals surface area (Å²) in [6, 6.07) is 0. The lowest BCUT2D eigenvalue weighted by Gasteiger charge is -2.38. The highest BCUT2D eigenvalue weighted by Gasteiger charge is 2.33. The lowest BCUT2D eigenvalue weighted by atomic mass is 9.70. The first-order valence-corrected chi connectivity index (χ1v) is 9.42. The summed E-state index contributed by atoms with van der Waals surface area (Å²) in [6.45, 7) is 4.61. The van der Waals surface area contributed by atoms with E-state index in [1.54, 1.807) is 0 Å². The van der Waals surface area contributed by atoms with Crippen LogP contribution in [0.25, 0.3) is 0 Å². The van der Waals surface area contributed by atoms with Gasteiger partial charge < -0.3 is 5.11 Å². The van der Waals surface area contributed by atoms with E-state index in [1.165, 1.54) is 77.0 Å². The highest BCUT2D eigenvalue weighted by molar-refractivity contribution is 4.84. The van der Waals surface area contributed by atoms with Crippen LogP contribution in [0.1, 0.15) is 90.9 Å². The fourth-order valence-electron chi connectivity index (χ4n) is 4.71. The maximum atomic E-state index is 10.8. The molecule has 2 fully saturated rings. The summed E-state index contributed by atoms with van der Waals surface area (Å²) in [5.74, 6) is 3.09. The first kappa shape index (κ1) is 16.3. The van der Waals surface area contributed by atoms with E-state index in [2.05, 4.69) is 13.8 Å². The summed E-state index contributed by atoms with van der Waals surface area (Å²) >= 11 is 0. The first-order chi connectivity index (χ1) is 9.74. The monoisotopic (exact) mass is 280 g/mol. The smallest absolute Gasteiger partial charge is 0.0596 e. The Morgan fingerprint density at radius 2 is 1.65 bits per heavy atom. The summed E-state index contributed by atoms with van der Waals surface area (Å²) in [7, 11) is 0. The van der Waals surface area contributed by atoms with E-state index in [1.807, 2.05) is 0 Å². The zero-order valence-corrected chi connectivity index (χ0v) is 13.8. The SMILES string of the molecule is CCCCC1CCC(C(O)C2CCCC(CC)C2)CC1. The van der Waals surface area contributed by atoms with Gasteiger partial charge in [0.2, 0.25) is 0 Å². The Bertz CT molecular complexity index is 254. The highest BCUT2D eigenvalue weighted by Crippen LogP contribution is 2.40. The van der Waals surface area contributed by atoms with Gasteiger partial charge in [0.05, 0.1) is 6.10 Å². The van der Waals surface area contributed by atoms with Crippen molar-refractivity contribution >= 4 is 0 Å². The Morgan fingerprint density at radius 1 is 0.900 bits per heavy atom. The molecule has 0 bridgehead atoms. The molecule has 2 saturated carbocycles. The van der Waals surface area contributed by atoms with Crippen LogP contribution in [0.2, 0.25) is 0 Å². The third-order valence-electron chi connectivity index (χ3n) is 6.22. The van der Waals surface area contributed by atoms with E-state index < -0.39 is 0 Å². The molecule has 0 heterocycles. The molecule has 2 aliphatic rings. The summed E-state index contributed by atoms with van der Waals surface area (Å²) in [4.78, 5) is 0. The van der Waals surface area contributed by atoms with Crippen molar-refractivity contribution in [2.24, 2.45) is 23.7 Å². The third kappa shape index (κ3) is 4.48. The predicted octanol–water partition coefficient (Wildman–Crippen LogP) is 5.56. The first-order valence-electron chi connectivity index (χ1n) is 9.42. The van der Waals surface area contributed by atoms with Gasteiger partial charge >= 0.3 is 0 Å². The van der Waals surface area contributed by atoms with Gasteiger partial charge in [0.25, 0.3) is 0 Å². The number of hydrogen-bond donors (Lipinski definition) is 1. The average molecular weight is 280 g/mol. The Hall–Kier alpha value is -0.0400. The van der Waals surface area contributed by atoms with Crippen LogP contribution in [0.3, 0.4) is 0 Å². The molecule has 2 aliphatic carbocycles. The summed E-state index contributed by atoms with van der Waals surface area (Å²) < 4.78 is 0. The van der Waals surface area contributed by atoms with Crippen LogP contribution in [0.15, 0.2) is 0 Å². The molecule has 3 unspecified atom stereocenters. The zero-order chi connectivity index (χ0) is 14.4. The normalized spacial score (nSPS) is 36.8. The molecular formula is C19H36O. The maximum Gasteiger partial charge on any atom is 0.0596 e. The van der Waals surface area contributed by atoms with Crippen LogP contribution in [0.5, 0.6) is 0 Å². The van der Waals surface area contributed by atoms with Gasteiger partial charge in [0.15, 0.2) is 0 Å². The van der Waals surface area contributed by atoms with E-state index in [9.17, 15) is 5.11 Å². The minimum Gasteiger partial charge on any atom is -0.393 e. The molecule has 2 rings (SSSR count). The van der Waals surface area contributed by atoms with Gasteiger partial charge in [0.1, 0.15) is 0 Å². The van der Waals surface area contributed by atoms with Crippen molar-refractivity contribution in [3.05, 3.63) is 0 Å². The maximum absolute atomic E-state index is 10.8. The molecule has 0 aromatic heterocycles. The van der Waals surface area contributed by atoms with Gasteiger partial charge in [-0.2, -0.15) is 0 Å². The number of hydrogen-bond acceptors (Lipinski definition) is 1. The number of aliphatic hydroxyl groups is 1. The zero-order valence-electron chi connectivity index (χ0n) is 13.8. The molecular weight excluding hydrogens is 244 g/mol. The van der Waals surface area contributed by atoms with Crippen molar-refractivity contribution in [3.63, 3.8) is 0 Å². The molecule has 118 valence electrons. The molecule has 3 atom stereocenters. The van der Waals surface area contributed by atoms with Crippen LogP contribution >= 0.6 is 0 Å². The van der Waals surface area contributed by atoms with Crippen LogP contribution < -0.4 is 0 Å². The number of aliphatic hydroxyl groups excluding tert-OH is 1. The Morgan fingerprint density at radius 3 is 2.30 bits per heavy atom. The Labute approximate surface area is 126 Å². The van der Waals surface area contributed by atoms with Gasteiger partial charge in [0, 0.05) is 0 Å². The van der Waals surface area contributed by atoms with Crippen molar-refractivity contribution in [3.8, 4) is 0 Å². The van der Waals surface area contributed by atoms with Gasteiger partial charge in [-0.05, 0) is 49.4 Å². The van der Waals surface area contributed by atoms with Gasteiger partial charge in [-0.15, -0.1) is 0 Å². The van der Waals surface area contributed by atoms with Crippen LogP contribution in [-0.4, -0.2) is 11.2 Å². The van der Waals surface area contributed by atoms with Crippen molar-refractivity contribution in [2.75, 3.05) is 0 Å². The van der Waals surface area contributed by atoms with Gasteiger partial charge in [-0.1, -0.05) is 65.2 Å². The minimum absolute atomic E-state index is 0.0106. The third-order valence-corrected chi connectivity index (χ3v) is 6.22. The molecule has 0 aromatic carbocycles. The highest BCUT2D eigenvalue weighted by atomic mass is 16.3.